The number of carbonyl (C=O) groups is 1. The second-order valence-electron chi connectivity index (χ2n) is 2.07. The molecule has 0 aliphatic carbocycles. The van der Waals surface area contributed by atoms with Crippen molar-refractivity contribution in [2.24, 2.45) is 4.99 Å². The molecule has 0 spiro atoms. The molecule has 0 bridgehead atoms. The lowest BCUT2D eigenvalue weighted by Gasteiger charge is -1.92. The molecule has 0 radical (unpaired) electrons. The molecule has 0 fully saturated rings. The summed E-state index contributed by atoms with van der Waals surface area (Å²) in [6.45, 7) is 0.0933. The summed E-state index contributed by atoms with van der Waals surface area (Å²) in [7, 11) is 0. The third-order valence-corrected chi connectivity index (χ3v) is 1.29. The number of hydrogen-bond donors (Lipinski definition) is 0. The maximum Gasteiger partial charge on any atom is 0.334 e. The first kappa shape index (κ1) is 6.15. The van der Waals surface area contributed by atoms with Crippen LogP contribution in [0.25, 0.3) is 0 Å². The Bertz CT molecular complexity index is 299. The molecule has 1 aliphatic rings. The molecular formula is C7H5NO3. The molecule has 0 saturated heterocycles. The molecule has 0 unspecified atom stereocenters. The number of carbonyl (C=O) groups excluding carboxylic acids is 1. The van der Waals surface area contributed by atoms with E-state index in [2.05, 4.69) is 4.99 Å². The van der Waals surface area contributed by atoms with E-state index >= 15 is 0 Å². The molecule has 56 valence electrons. The van der Waals surface area contributed by atoms with Crippen LogP contribution in [0.5, 0.6) is 0 Å². The Morgan fingerprint density at radius 1 is 1.55 bits per heavy atom. The fraction of sp³-hybridized carbons (Fsp3) is 0.143. The highest BCUT2D eigenvalue weighted by Gasteiger charge is 2.19. The van der Waals surface area contributed by atoms with E-state index < -0.39 is 0 Å². The lowest BCUT2D eigenvalue weighted by molar-refractivity contribution is -0.132. The van der Waals surface area contributed by atoms with Gasteiger partial charge in [-0.25, -0.2) is 9.79 Å². The molecule has 1 aromatic rings. The van der Waals surface area contributed by atoms with Crippen LogP contribution in [0.4, 0.5) is 0 Å². The van der Waals surface area contributed by atoms with E-state index in [1.807, 2.05) is 0 Å². The number of rotatable bonds is 1. The Labute approximate surface area is 62.5 Å². The van der Waals surface area contributed by atoms with Gasteiger partial charge in [0.2, 0.25) is 0 Å². The summed E-state index contributed by atoms with van der Waals surface area (Å²) in [6, 6.07) is 3.40. The molecule has 2 heterocycles. The van der Waals surface area contributed by atoms with Crippen molar-refractivity contribution in [3.8, 4) is 0 Å². The Kier molecular flexibility index (Phi) is 1.25. The molecule has 0 N–H and O–H groups in total. The van der Waals surface area contributed by atoms with Crippen LogP contribution in [0.3, 0.4) is 0 Å². The fourth-order valence-electron chi connectivity index (χ4n) is 0.837. The normalized spacial score (nSPS) is 16.4. The van der Waals surface area contributed by atoms with Gasteiger partial charge in [-0.05, 0) is 12.1 Å². The average molecular weight is 151 g/mol. The molecule has 0 saturated carbocycles. The minimum absolute atomic E-state index is 0.0933. The number of aliphatic imine (C=N–C) groups is 1. The number of esters is 1. The summed E-state index contributed by atoms with van der Waals surface area (Å²) in [4.78, 5) is 14.4. The van der Waals surface area contributed by atoms with Crippen LogP contribution >= 0.6 is 0 Å². The number of ether oxygens (including phenoxy) is 1. The number of hydrogen-bond acceptors (Lipinski definition) is 4. The molecule has 1 aliphatic heterocycles. The molecule has 11 heavy (non-hydrogen) atoms. The zero-order valence-electron chi connectivity index (χ0n) is 5.61. The van der Waals surface area contributed by atoms with Gasteiger partial charge in [0.25, 0.3) is 5.90 Å². The smallest absolute Gasteiger partial charge is 0.334 e. The zero-order chi connectivity index (χ0) is 7.68. The van der Waals surface area contributed by atoms with E-state index in [1.165, 1.54) is 6.26 Å². The van der Waals surface area contributed by atoms with Gasteiger partial charge in [-0.2, -0.15) is 0 Å². The Morgan fingerprint density at radius 3 is 3.00 bits per heavy atom. The summed E-state index contributed by atoms with van der Waals surface area (Å²) in [5.41, 5.74) is 0. The molecule has 2 rings (SSSR count). The topological polar surface area (TPSA) is 51.8 Å². The maximum absolute atomic E-state index is 10.6. The lowest BCUT2D eigenvalue weighted by Crippen LogP contribution is -2.04. The number of nitrogens with zero attached hydrogens (tertiary/aromatic N) is 1. The van der Waals surface area contributed by atoms with Crippen LogP contribution in [0, 0.1) is 0 Å². The van der Waals surface area contributed by atoms with Gasteiger partial charge >= 0.3 is 5.97 Å². The van der Waals surface area contributed by atoms with Crippen molar-refractivity contribution in [3.63, 3.8) is 0 Å². The quantitative estimate of drug-likeness (QED) is 0.552. The van der Waals surface area contributed by atoms with Crippen LogP contribution in [-0.4, -0.2) is 18.4 Å². The Morgan fingerprint density at radius 2 is 2.45 bits per heavy atom. The van der Waals surface area contributed by atoms with Crippen LogP contribution in [0.1, 0.15) is 5.76 Å². The van der Waals surface area contributed by atoms with E-state index in [9.17, 15) is 4.79 Å². The highest BCUT2D eigenvalue weighted by atomic mass is 16.6. The van der Waals surface area contributed by atoms with Crippen molar-refractivity contribution in [1.82, 2.24) is 0 Å². The van der Waals surface area contributed by atoms with Crippen LogP contribution in [0.15, 0.2) is 27.8 Å². The van der Waals surface area contributed by atoms with Gasteiger partial charge < -0.3 is 9.15 Å². The van der Waals surface area contributed by atoms with E-state index in [-0.39, 0.29) is 18.4 Å². The van der Waals surface area contributed by atoms with Crippen molar-refractivity contribution in [2.45, 2.75) is 0 Å². The SMILES string of the molecule is O=C1CN=C(c2ccco2)O1. The van der Waals surface area contributed by atoms with E-state index in [0.717, 1.165) is 0 Å². The standard InChI is InChI=1S/C7H5NO3/c9-6-4-8-7(11-6)5-2-1-3-10-5/h1-3H,4H2. The second-order valence-corrected chi connectivity index (χ2v) is 2.07. The second kappa shape index (κ2) is 2.23. The van der Waals surface area contributed by atoms with Crippen LogP contribution in [-0.2, 0) is 9.53 Å². The van der Waals surface area contributed by atoms with Crippen LogP contribution in [0.2, 0.25) is 0 Å². The summed E-state index contributed by atoms with van der Waals surface area (Å²) in [5.74, 6) is 0.437. The molecule has 0 aromatic carbocycles. The van der Waals surface area contributed by atoms with E-state index in [4.69, 9.17) is 9.15 Å². The highest BCUT2D eigenvalue weighted by molar-refractivity contribution is 6.03. The molecule has 4 heteroatoms. The van der Waals surface area contributed by atoms with Crippen molar-refractivity contribution in [2.75, 3.05) is 6.54 Å². The lowest BCUT2D eigenvalue weighted by atomic mass is 10.4. The highest BCUT2D eigenvalue weighted by Crippen LogP contribution is 2.08. The third-order valence-electron chi connectivity index (χ3n) is 1.29. The minimum Gasteiger partial charge on any atom is -0.459 e. The van der Waals surface area contributed by atoms with E-state index in [1.54, 1.807) is 12.1 Å². The first-order valence-corrected chi connectivity index (χ1v) is 3.15. The van der Waals surface area contributed by atoms with Gasteiger partial charge in [-0.3, -0.25) is 0 Å². The summed E-state index contributed by atoms with van der Waals surface area (Å²) in [6.07, 6.45) is 1.50. The third kappa shape index (κ3) is 1.02. The van der Waals surface area contributed by atoms with Gasteiger partial charge in [-0.15, -0.1) is 0 Å². The predicted octanol–water partition coefficient (Wildman–Crippen LogP) is 0.583. The predicted molar refractivity (Wildman–Crippen MR) is 36.2 cm³/mol. The summed E-state index contributed by atoms with van der Waals surface area (Å²) in [5, 5.41) is 0. The molecule has 4 nitrogen and oxygen atoms in total. The van der Waals surface area contributed by atoms with E-state index in [0.29, 0.717) is 5.76 Å². The van der Waals surface area contributed by atoms with Crippen LogP contribution < -0.4 is 0 Å². The average Bonchev–Trinajstić information content (AvgIpc) is 2.55. The first-order chi connectivity index (χ1) is 5.36. The van der Waals surface area contributed by atoms with Gasteiger partial charge in [-0.1, -0.05) is 0 Å². The maximum atomic E-state index is 10.6. The van der Waals surface area contributed by atoms with Gasteiger partial charge in [0.1, 0.15) is 6.54 Å². The number of cyclic esters (lactones) is 1. The van der Waals surface area contributed by atoms with Crippen molar-refractivity contribution >= 4 is 11.9 Å². The minimum atomic E-state index is -0.337. The van der Waals surface area contributed by atoms with Crippen molar-refractivity contribution in [3.05, 3.63) is 24.2 Å². The summed E-state index contributed by atoms with van der Waals surface area (Å²) >= 11 is 0. The summed E-state index contributed by atoms with van der Waals surface area (Å²) < 4.78 is 9.68. The fourth-order valence-corrected chi connectivity index (χ4v) is 0.837. The van der Waals surface area contributed by atoms with Crippen molar-refractivity contribution in [1.29, 1.82) is 0 Å². The first-order valence-electron chi connectivity index (χ1n) is 3.15. The molecule has 1 aromatic heterocycles. The monoisotopic (exact) mass is 151 g/mol. The van der Waals surface area contributed by atoms with Gasteiger partial charge in [0.15, 0.2) is 5.76 Å². The molecule has 0 atom stereocenters. The van der Waals surface area contributed by atoms with Gasteiger partial charge in [0, 0.05) is 0 Å². The Balaban J connectivity index is 2.26. The largest absolute Gasteiger partial charge is 0.459 e. The Hall–Kier alpha value is -1.58. The van der Waals surface area contributed by atoms with Crippen molar-refractivity contribution < 1.29 is 13.9 Å². The molecular weight excluding hydrogens is 146 g/mol. The zero-order valence-corrected chi connectivity index (χ0v) is 5.61. The molecule has 0 amide bonds. The number of furan rings is 1. The van der Waals surface area contributed by atoms with Gasteiger partial charge in [0.05, 0.1) is 6.26 Å².